The van der Waals surface area contributed by atoms with Crippen molar-refractivity contribution in [2.45, 2.75) is 12.8 Å². The van der Waals surface area contributed by atoms with Gasteiger partial charge in [-0.2, -0.15) is 0 Å². The lowest BCUT2D eigenvalue weighted by atomic mass is 9.74. The summed E-state index contributed by atoms with van der Waals surface area (Å²) in [7, 11) is 1.54. The van der Waals surface area contributed by atoms with Crippen molar-refractivity contribution in [3.8, 4) is 17.2 Å². The molecule has 3 aromatic rings. The molecule has 0 saturated heterocycles. The topological polar surface area (TPSA) is 52.6 Å². The fraction of sp³-hybridized carbons (Fsp3) is 0.167. The Morgan fingerprint density at radius 3 is 2.48 bits per heavy atom. The fourth-order valence-corrected chi connectivity index (χ4v) is 4.04. The number of methoxy groups -OCH3 is 1. The van der Waals surface area contributed by atoms with E-state index in [1.807, 2.05) is 24.3 Å². The van der Waals surface area contributed by atoms with E-state index in [-0.39, 0.29) is 11.6 Å². The predicted molar refractivity (Wildman–Crippen MR) is 111 cm³/mol. The van der Waals surface area contributed by atoms with Crippen LogP contribution in [0.15, 0.2) is 66.7 Å². The lowest BCUT2D eigenvalue weighted by Crippen LogP contribution is -2.31. The van der Waals surface area contributed by atoms with E-state index >= 15 is 0 Å². The molecule has 0 N–H and O–H groups in total. The van der Waals surface area contributed by atoms with Crippen molar-refractivity contribution in [1.82, 2.24) is 0 Å². The van der Waals surface area contributed by atoms with Crippen molar-refractivity contribution in [3.63, 3.8) is 0 Å². The summed E-state index contributed by atoms with van der Waals surface area (Å²) in [4.78, 5) is 26.3. The third kappa shape index (κ3) is 3.52. The first kappa shape index (κ1) is 19.2. The van der Waals surface area contributed by atoms with Crippen LogP contribution < -0.4 is 9.47 Å². The molecule has 5 heteroatoms. The minimum atomic E-state index is -0.913. The Bertz CT molecular complexity index is 1110. The van der Waals surface area contributed by atoms with E-state index in [4.69, 9.17) is 21.1 Å². The summed E-state index contributed by atoms with van der Waals surface area (Å²) in [5.41, 5.74) is 1.95. The number of hydrogen-bond acceptors (Lipinski definition) is 4. The van der Waals surface area contributed by atoms with Gasteiger partial charge in [-0.15, -0.1) is 0 Å². The average molecular weight is 407 g/mol. The first-order valence-corrected chi connectivity index (χ1v) is 9.62. The third-order valence-corrected chi connectivity index (χ3v) is 5.42. The number of hydrogen-bond donors (Lipinski definition) is 0. The summed E-state index contributed by atoms with van der Waals surface area (Å²) in [6.07, 6.45) is 0. The van der Waals surface area contributed by atoms with Crippen molar-refractivity contribution in [2.24, 2.45) is 5.92 Å². The van der Waals surface area contributed by atoms with E-state index < -0.39 is 11.8 Å². The Morgan fingerprint density at radius 2 is 1.72 bits per heavy atom. The summed E-state index contributed by atoms with van der Waals surface area (Å²) in [6, 6.07) is 19.6. The molecular weight excluding hydrogens is 388 g/mol. The van der Waals surface area contributed by atoms with E-state index in [9.17, 15) is 9.59 Å². The van der Waals surface area contributed by atoms with E-state index in [1.165, 1.54) is 6.92 Å². The highest BCUT2D eigenvalue weighted by atomic mass is 35.5. The summed E-state index contributed by atoms with van der Waals surface area (Å²) in [6.45, 7) is 1.45. The summed E-state index contributed by atoms with van der Waals surface area (Å²) < 4.78 is 11.3. The van der Waals surface area contributed by atoms with Gasteiger partial charge >= 0.3 is 0 Å². The molecule has 1 aliphatic rings. The number of ether oxygens (including phenoxy) is 2. The van der Waals surface area contributed by atoms with Crippen LogP contribution in [0.1, 0.15) is 34.3 Å². The molecule has 0 bridgehead atoms. The standard InChI is InChI=1S/C24H19ClO4/c1-14(26)22(24(27)15-6-5-7-17(12-15)28-2)23-18-8-3-4-9-20(18)29-21-11-10-16(25)13-19(21)23/h3-13,22-23H,1-2H3/t22-,23+/m0/s1. The molecule has 2 atom stereocenters. The second-order valence-corrected chi connectivity index (χ2v) is 7.42. The van der Waals surface area contributed by atoms with Gasteiger partial charge in [-0.1, -0.05) is 41.9 Å². The van der Waals surface area contributed by atoms with Crippen LogP contribution in [0.5, 0.6) is 17.2 Å². The molecule has 146 valence electrons. The highest BCUT2D eigenvalue weighted by molar-refractivity contribution is 6.30. The average Bonchev–Trinajstić information content (AvgIpc) is 2.73. The molecule has 1 heterocycles. The monoisotopic (exact) mass is 406 g/mol. The zero-order chi connectivity index (χ0) is 20.5. The normalized spacial score (nSPS) is 15.5. The van der Waals surface area contributed by atoms with Gasteiger partial charge in [-0.3, -0.25) is 9.59 Å². The predicted octanol–water partition coefficient (Wildman–Crippen LogP) is 5.67. The maximum atomic E-state index is 13.5. The minimum absolute atomic E-state index is 0.217. The Morgan fingerprint density at radius 1 is 0.966 bits per heavy atom. The quantitative estimate of drug-likeness (QED) is 0.404. The number of halogens is 1. The largest absolute Gasteiger partial charge is 0.497 e. The zero-order valence-electron chi connectivity index (χ0n) is 16.0. The van der Waals surface area contributed by atoms with Crippen molar-refractivity contribution in [3.05, 3.63) is 88.4 Å². The number of Topliss-reactive ketones (excluding diaryl/α,β-unsaturated/α-hetero) is 2. The van der Waals surface area contributed by atoms with E-state index in [1.54, 1.807) is 49.6 Å². The van der Waals surface area contributed by atoms with Crippen molar-refractivity contribution < 1.29 is 19.1 Å². The van der Waals surface area contributed by atoms with Crippen LogP contribution in [0.25, 0.3) is 0 Å². The van der Waals surface area contributed by atoms with Gasteiger partial charge in [0.15, 0.2) is 5.78 Å². The number of carbonyl (C=O) groups excluding carboxylic acids is 2. The molecule has 0 aliphatic carbocycles. The molecule has 4 rings (SSSR count). The smallest absolute Gasteiger partial charge is 0.174 e. The number of rotatable bonds is 5. The first-order chi connectivity index (χ1) is 14.0. The lowest BCUT2D eigenvalue weighted by molar-refractivity contribution is -0.119. The maximum Gasteiger partial charge on any atom is 0.174 e. The first-order valence-electron chi connectivity index (χ1n) is 9.24. The Labute approximate surface area is 174 Å². The Kier molecular flexibility index (Phi) is 5.12. The highest BCUT2D eigenvalue weighted by Crippen LogP contribution is 2.49. The molecule has 29 heavy (non-hydrogen) atoms. The van der Waals surface area contributed by atoms with Crippen LogP contribution in [-0.2, 0) is 4.79 Å². The van der Waals surface area contributed by atoms with Crippen LogP contribution in [0.3, 0.4) is 0 Å². The molecule has 1 aliphatic heterocycles. The van der Waals surface area contributed by atoms with Crippen molar-refractivity contribution >= 4 is 23.2 Å². The van der Waals surface area contributed by atoms with Crippen LogP contribution in [0, 0.1) is 5.92 Å². The van der Waals surface area contributed by atoms with Gasteiger partial charge < -0.3 is 9.47 Å². The molecule has 0 fully saturated rings. The minimum Gasteiger partial charge on any atom is -0.497 e. The van der Waals surface area contributed by atoms with Crippen LogP contribution >= 0.6 is 11.6 Å². The molecular formula is C24H19ClO4. The second-order valence-electron chi connectivity index (χ2n) is 6.98. The summed E-state index contributed by atoms with van der Waals surface area (Å²) in [5.74, 6) is -0.0857. The van der Waals surface area contributed by atoms with Gasteiger partial charge in [-0.05, 0) is 43.3 Å². The van der Waals surface area contributed by atoms with E-state index in [0.717, 1.165) is 11.1 Å². The van der Waals surface area contributed by atoms with Gasteiger partial charge in [0.05, 0.1) is 13.0 Å². The molecule has 0 amide bonds. The Hall–Kier alpha value is -3.11. The van der Waals surface area contributed by atoms with Gasteiger partial charge in [0.2, 0.25) is 0 Å². The number of carbonyl (C=O) groups is 2. The molecule has 0 unspecified atom stereocenters. The number of ketones is 2. The van der Waals surface area contributed by atoms with Crippen molar-refractivity contribution in [2.75, 3.05) is 7.11 Å². The summed E-state index contributed by atoms with van der Waals surface area (Å²) >= 11 is 6.25. The lowest BCUT2D eigenvalue weighted by Gasteiger charge is -2.32. The van der Waals surface area contributed by atoms with Gasteiger partial charge in [0, 0.05) is 27.6 Å². The highest BCUT2D eigenvalue weighted by Gasteiger charge is 2.40. The van der Waals surface area contributed by atoms with Gasteiger partial charge in [0.1, 0.15) is 23.0 Å². The number of para-hydroxylation sites is 1. The number of benzene rings is 3. The third-order valence-electron chi connectivity index (χ3n) is 5.19. The Balaban J connectivity index is 1.89. The maximum absolute atomic E-state index is 13.5. The molecule has 0 aromatic heterocycles. The molecule has 0 spiro atoms. The van der Waals surface area contributed by atoms with E-state index in [0.29, 0.717) is 27.8 Å². The van der Waals surface area contributed by atoms with Gasteiger partial charge in [0.25, 0.3) is 0 Å². The second kappa shape index (κ2) is 7.72. The number of fused-ring (bicyclic) bond motifs is 2. The SMILES string of the molecule is COc1cccc(C(=O)[C@@H](C(C)=O)[C@@H]2c3ccccc3Oc3ccc(Cl)cc32)c1. The van der Waals surface area contributed by atoms with Crippen LogP contribution in [0.2, 0.25) is 5.02 Å². The molecule has 3 aromatic carbocycles. The zero-order valence-corrected chi connectivity index (χ0v) is 16.8. The fourth-order valence-electron chi connectivity index (χ4n) is 3.86. The van der Waals surface area contributed by atoms with Crippen LogP contribution in [0.4, 0.5) is 0 Å². The molecule has 0 radical (unpaired) electrons. The van der Waals surface area contributed by atoms with Crippen LogP contribution in [-0.4, -0.2) is 18.7 Å². The van der Waals surface area contributed by atoms with E-state index in [2.05, 4.69) is 0 Å². The molecule has 4 nitrogen and oxygen atoms in total. The summed E-state index contributed by atoms with van der Waals surface area (Å²) in [5, 5.41) is 0.521. The van der Waals surface area contributed by atoms with Gasteiger partial charge in [-0.25, -0.2) is 0 Å². The molecule has 0 saturated carbocycles. The van der Waals surface area contributed by atoms with Crippen molar-refractivity contribution in [1.29, 1.82) is 0 Å².